The van der Waals surface area contributed by atoms with E-state index in [4.69, 9.17) is 5.73 Å². The second kappa shape index (κ2) is 5.90. The molecule has 108 valence electrons. The van der Waals surface area contributed by atoms with Crippen molar-refractivity contribution in [2.75, 3.05) is 5.32 Å². The summed E-state index contributed by atoms with van der Waals surface area (Å²) in [6.07, 6.45) is 2.39. The molecule has 2 aromatic carbocycles. The summed E-state index contributed by atoms with van der Waals surface area (Å²) in [6, 6.07) is 15.3. The van der Waals surface area contributed by atoms with Gasteiger partial charge in [-0.15, -0.1) is 0 Å². The summed E-state index contributed by atoms with van der Waals surface area (Å²) < 4.78 is 0.964. The number of rotatable bonds is 5. The monoisotopic (exact) mass is 344 g/mol. The summed E-state index contributed by atoms with van der Waals surface area (Å²) in [5.74, 6) is 0.218. The molecule has 3 rings (SSSR count). The lowest BCUT2D eigenvalue weighted by molar-refractivity contribution is -0.118. The highest BCUT2D eigenvalue weighted by molar-refractivity contribution is 9.10. The Balaban J connectivity index is 1.93. The molecule has 0 heterocycles. The zero-order valence-corrected chi connectivity index (χ0v) is 13.1. The van der Waals surface area contributed by atoms with Gasteiger partial charge < -0.3 is 11.1 Å². The van der Waals surface area contributed by atoms with Crippen molar-refractivity contribution in [3.63, 3.8) is 0 Å². The fourth-order valence-electron chi connectivity index (χ4n) is 2.59. The lowest BCUT2D eigenvalue weighted by Crippen LogP contribution is -2.28. The number of nitrogens with one attached hydrogen (secondary N) is 1. The Bertz CT molecular complexity index is 667. The predicted octanol–water partition coefficient (Wildman–Crippen LogP) is 3.97. The molecule has 0 aliphatic heterocycles. The highest BCUT2D eigenvalue weighted by atomic mass is 79.9. The molecule has 3 N–H and O–H groups in total. The van der Waals surface area contributed by atoms with Gasteiger partial charge in [-0.3, -0.25) is 4.79 Å². The van der Waals surface area contributed by atoms with Crippen LogP contribution >= 0.6 is 15.9 Å². The van der Waals surface area contributed by atoms with Crippen LogP contribution in [0.15, 0.2) is 53.0 Å². The molecule has 0 radical (unpaired) electrons. The van der Waals surface area contributed by atoms with Gasteiger partial charge >= 0.3 is 0 Å². The third-order valence-electron chi connectivity index (χ3n) is 3.74. The smallest absolute Gasteiger partial charge is 0.244 e. The zero-order chi connectivity index (χ0) is 14.8. The lowest BCUT2D eigenvalue weighted by atomic mass is 9.96. The minimum atomic E-state index is -0.504. The van der Waals surface area contributed by atoms with Crippen LogP contribution in [0.1, 0.15) is 35.9 Å². The first-order chi connectivity index (χ1) is 10.1. The molecular formula is C17H17BrN2O. The van der Waals surface area contributed by atoms with E-state index >= 15 is 0 Å². The maximum atomic E-state index is 11.9. The molecule has 1 atom stereocenters. The first kappa shape index (κ1) is 14.1. The van der Waals surface area contributed by atoms with Crippen LogP contribution in [0.3, 0.4) is 0 Å². The maximum Gasteiger partial charge on any atom is 0.244 e. The van der Waals surface area contributed by atoms with Crippen LogP contribution in [0.4, 0.5) is 5.69 Å². The van der Waals surface area contributed by atoms with Crippen molar-refractivity contribution in [1.82, 2.24) is 0 Å². The number of anilines is 1. The fourth-order valence-corrected chi connectivity index (χ4v) is 2.99. The van der Waals surface area contributed by atoms with Gasteiger partial charge in [0.1, 0.15) is 6.04 Å². The minimum absolute atomic E-state index is 0.358. The average molecular weight is 345 g/mol. The summed E-state index contributed by atoms with van der Waals surface area (Å²) in [5, 5.41) is 3.25. The molecule has 21 heavy (non-hydrogen) atoms. The van der Waals surface area contributed by atoms with E-state index in [-0.39, 0.29) is 5.91 Å². The maximum absolute atomic E-state index is 11.9. The van der Waals surface area contributed by atoms with Crippen LogP contribution < -0.4 is 11.1 Å². The molecule has 0 spiro atoms. The highest BCUT2D eigenvalue weighted by Gasteiger charge is 2.29. The number of halogens is 1. The molecule has 0 saturated heterocycles. The molecule has 0 aromatic heterocycles. The quantitative estimate of drug-likeness (QED) is 0.862. The largest absolute Gasteiger partial charge is 0.370 e. The van der Waals surface area contributed by atoms with Gasteiger partial charge in [-0.2, -0.15) is 0 Å². The SMILES string of the molecule is NC(=O)C(Nc1cccc(Br)c1)c1ccccc1C1CC1. The van der Waals surface area contributed by atoms with Crippen molar-refractivity contribution >= 4 is 27.5 Å². The summed E-state index contributed by atoms with van der Waals surface area (Å²) in [7, 11) is 0. The lowest BCUT2D eigenvalue weighted by Gasteiger charge is -2.20. The highest BCUT2D eigenvalue weighted by Crippen LogP contribution is 2.43. The van der Waals surface area contributed by atoms with E-state index in [2.05, 4.69) is 27.3 Å². The number of amides is 1. The Morgan fingerprint density at radius 2 is 1.95 bits per heavy atom. The third kappa shape index (κ3) is 3.27. The molecule has 3 nitrogen and oxygen atoms in total. The molecule has 1 saturated carbocycles. The van der Waals surface area contributed by atoms with Crippen molar-refractivity contribution in [3.05, 3.63) is 64.1 Å². The van der Waals surface area contributed by atoms with E-state index in [1.165, 1.54) is 18.4 Å². The van der Waals surface area contributed by atoms with E-state index in [1.54, 1.807) is 0 Å². The molecule has 1 aliphatic carbocycles. The van der Waals surface area contributed by atoms with Gasteiger partial charge in [-0.25, -0.2) is 0 Å². The van der Waals surface area contributed by atoms with Crippen LogP contribution in [0, 0.1) is 0 Å². The van der Waals surface area contributed by atoms with Crippen molar-refractivity contribution in [1.29, 1.82) is 0 Å². The summed E-state index contributed by atoms with van der Waals surface area (Å²) in [6.45, 7) is 0. The van der Waals surface area contributed by atoms with Crippen LogP contribution in [-0.4, -0.2) is 5.91 Å². The average Bonchev–Trinajstić information content (AvgIpc) is 3.29. The molecule has 0 bridgehead atoms. The number of primary amides is 1. The molecule has 2 aromatic rings. The Morgan fingerprint density at radius 3 is 2.62 bits per heavy atom. The van der Waals surface area contributed by atoms with Crippen molar-refractivity contribution in [2.24, 2.45) is 5.73 Å². The van der Waals surface area contributed by atoms with Gasteiger partial charge in [0, 0.05) is 10.2 Å². The van der Waals surface area contributed by atoms with Gasteiger partial charge in [-0.05, 0) is 48.1 Å². The molecule has 1 amide bonds. The van der Waals surface area contributed by atoms with Gasteiger partial charge in [0.15, 0.2) is 0 Å². The number of nitrogens with two attached hydrogens (primary N) is 1. The van der Waals surface area contributed by atoms with Crippen LogP contribution in [-0.2, 0) is 4.79 Å². The summed E-state index contributed by atoms with van der Waals surface area (Å²) in [5.41, 5.74) is 8.74. The van der Waals surface area contributed by atoms with Gasteiger partial charge in [-0.1, -0.05) is 46.3 Å². The standard InChI is InChI=1S/C17H17BrN2O/c18-12-4-3-5-13(10-12)20-16(17(19)21)15-7-2-1-6-14(15)11-8-9-11/h1-7,10-11,16,20H,8-9H2,(H2,19,21). The Kier molecular flexibility index (Phi) is 3.97. The zero-order valence-electron chi connectivity index (χ0n) is 11.6. The van der Waals surface area contributed by atoms with Gasteiger partial charge in [0.25, 0.3) is 0 Å². The van der Waals surface area contributed by atoms with Crippen LogP contribution in [0.5, 0.6) is 0 Å². The number of carbonyl (C=O) groups excluding carboxylic acids is 1. The number of carbonyl (C=O) groups is 1. The fraction of sp³-hybridized carbons (Fsp3) is 0.235. The molecular weight excluding hydrogens is 328 g/mol. The second-order valence-electron chi connectivity index (χ2n) is 5.39. The first-order valence-electron chi connectivity index (χ1n) is 7.05. The predicted molar refractivity (Wildman–Crippen MR) is 88.1 cm³/mol. The summed E-state index contributed by atoms with van der Waals surface area (Å²) >= 11 is 3.44. The third-order valence-corrected chi connectivity index (χ3v) is 4.24. The van der Waals surface area contributed by atoms with E-state index in [9.17, 15) is 4.79 Å². The van der Waals surface area contributed by atoms with Gasteiger partial charge in [0.05, 0.1) is 0 Å². The van der Waals surface area contributed by atoms with Gasteiger partial charge in [0.2, 0.25) is 5.91 Å². The second-order valence-corrected chi connectivity index (χ2v) is 6.31. The normalized spacial score (nSPS) is 15.5. The number of hydrogen-bond donors (Lipinski definition) is 2. The molecule has 1 unspecified atom stereocenters. The minimum Gasteiger partial charge on any atom is -0.370 e. The Labute approximate surface area is 132 Å². The number of benzene rings is 2. The molecule has 1 aliphatic rings. The van der Waals surface area contributed by atoms with E-state index in [0.717, 1.165) is 15.7 Å². The van der Waals surface area contributed by atoms with Crippen LogP contribution in [0.2, 0.25) is 0 Å². The Morgan fingerprint density at radius 1 is 1.19 bits per heavy atom. The van der Waals surface area contributed by atoms with Crippen molar-refractivity contribution in [2.45, 2.75) is 24.8 Å². The topological polar surface area (TPSA) is 55.1 Å². The van der Waals surface area contributed by atoms with Crippen molar-refractivity contribution in [3.8, 4) is 0 Å². The Hall–Kier alpha value is -1.81. The first-order valence-corrected chi connectivity index (χ1v) is 7.84. The molecule has 1 fully saturated rings. The van der Waals surface area contributed by atoms with E-state index in [0.29, 0.717) is 5.92 Å². The number of hydrogen-bond acceptors (Lipinski definition) is 2. The van der Waals surface area contributed by atoms with E-state index in [1.807, 2.05) is 42.5 Å². The van der Waals surface area contributed by atoms with Crippen LogP contribution in [0.25, 0.3) is 0 Å². The molecule has 4 heteroatoms. The summed E-state index contributed by atoms with van der Waals surface area (Å²) in [4.78, 5) is 11.9. The van der Waals surface area contributed by atoms with E-state index < -0.39 is 6.04 Å². The van der Waals surface area contributed by atoms with Crippen molar-refractivity contribution < 1.29 is 4.79 Å².